The van der Waals surface area contributed by atoms with Gasteiger partial charge in [0.15, 0.2) is 11.5 Å². The zero-order valence-corrected chi connectivity index (χ0v) is 15.3. The first-order valence-corrected chi connectivity index (χ1v) is 8.98. The Bertz CT molecular complexity index is 1050. The maximum atomic E-state index is 13.0. The Morgan fingerprint density at radius 2 is 1.66 bits per heavy atom. The highest BCUT2D eigenvalue weighted by molar-refractivity contribution is 5.93. The van der Waals surface area contributed by atoms with E-state index in [2.05, 4.69) is 5.32 Å². The first kappa shape index (κ1) is 18.5. The van der Waals surface area contributed by atoms with Crippen molar-refractivity contribution < 1.29 is 24.3 Å². The summed E-state index contributed by atoms with van der Waals surface area (Å²) in [5, 5.41) is 11.9. The number of fused-ring (bicyclic) bond motifs is 2. The first-order valence-electron chi connectivity index (χ1n) is 8.98. The fourth-order valence-electron chi connectivity index (χ4n) is 3.10. The van der Waals surface area contributed by atoms with Crippen LogP contribution in [-0.4, -0.2) is 23.5 Å². The molecule has 1 heterocycles. The molecule has 0 aliphatic carbocycles. The maximum absolute atomic E-state index is 13.0. The van der Waals surface area contributed by atoms with E-state index in [4.69, 9.17) is 14.7 Å². The quantitative estimate of drug-likeness (QED) is 0.454. The van der Waals surface area contributed by atoms with E-state index in [0.717, 1.165) is 11.3 Å². The smallest absolute Gasteiger partial charge is 0.274 e. The highest BCUT2D eigenvalue weighted by Crippen LogP contribution is 2.40. The monoisotopic (exact) mass is 390 g/mol. The number of hydrogen-bond acceptors (Lipinski definition) is 6. The van der Waals surface area contributed by atoms with Crippen LogP contribution < -0.4 is 20.3 Å². The van der Waals surface area contributed by atoms with Crippen LogP contribution in [0.3, 0.4) is 0 Å². The number of rotatable bonds is 5. The topological polar surface area (TPSA) is 96.9 Å². The van der Waals surface area contributed by atoms with Crippen molar-refractivity contribution in [3.8, 4) is 17.2 Å². The molecule has 0 bridgehead atoms. The number of hydrogen-bond donors (Lipinski definition) is 3. The van der Waals surface area contributed by atoms with E-state index in [9.17, 15) is 9.59 Å². The predicted molar refractivity (Wildman–Crippen MR) is 106 cm³/mol. The van der Waals surface area contributed by atoms with Crippen molar-refractivity contribution in [1.82, 2.24) is 5.48 Å². The number of carbonyl (C=O) groups is 2. The van der Waals surface area contributed by atoms with Crippen molar-refractivity contribution in [2.24, 2.45) is 0 Å². The summed E-state index contributed by atoms with van der Waals surface area (Å²) in [6, 6.07) is 20.3. The largest absolute Gasteiger partial charge is 0.486 e. The van der Waals surface area contributed by atoms with Gasteiger partial charge in [0.2, 0.25) is 0 Å². The zero-order valence-electron chi connectivity index (χ0n) is 15.3. The van der Waals surface area contributed by atoms with Crippen molar-refractivity contribution in [2.45, 2.75) is 6.04 Å². The van der Waals surface area contributed by atoms with Crippen LogP contribution in [0.5, 0.6) is 17.2 Å². The van der Waals surface area contributed by atoms with Gasteiger partial charge in [-0.1, -0.05) is 30.3 Å². The Labute approximate surface area is 166 Å². The molecule has 1 aliphatic heterocycles. The second-order valence-electron chi connectivity index (χ2n) is 6.43. The van der Waals surface area contributed by atoms with Gasteiger partial charge in [-0.05, 0) is 42.5 Å². The predicted octanol–water partition coefficient (Wildman–Crippen LogP) is 3.71. The molecule has 1 unspecified atom stereocenters. The fraction of sp³-hybridized carbons (Fsp3) is 0.0909. The number of ketones is 1. The van der Waals surface area contributed by atoms with Crippen LogP contribution in [0.1, 0.15) is 22.0 Å². The van der Waals surface area contributed by atoms with Crippen molar-refractivity contribution in [3.05, 3.63) is 83.9 Å². The van der Waals surface area contributed by atoms with Crippen LogP contribution >= 0.6 is 0 Å². The molecule has 4 rings (SSSR count). The molecule has 0 fully saturated rings. The lowest BCUT2D eigenvalue weighted by molar-refractivity contribution is -0.121. The van der Waals surface area contributed by atoms with Crippen LogP contribution in [0, 0.1) is 0 Å². The minimum absolute atomic E-state index is 0.167. The summed E-state index contributed by atoms with van der Waals surface area (Å²) in [4.78, 5) is 24.3. The van der Waals surface area contributed by atoms with E-state index in [1.54, 1.807) is 17.6 Å². The Kier molecular flexibility index (Phi) is 5.13. The summed E-state index contributed by atoms with van der Waals surface area (Å²) < 4.78 is 11.6. The van der Waals surface area contributed by atoms with E-state index in [1.165, 1.54) is 12.1 Å². The number of ether oxygens (including phenoxy) is 2. The van der Waals surface area contributed by atoms with Crippen molar-refractivity contribution in [3.63, 3.8) is 0 Å². The second kappa shape index (κ2) is 8.04. The van der Waals surface area contributed by atoms with Crippen LogP contribution in [-0.2, 0) is 4.79 Å². The summed E-state index contributed by atoms with van der Waals surface area (Å²) in [5.74, 6) is 0.906. The standard InChI is InChI=1S/C22H18N2O5/c25-18(13-28-15-11-9-14(10-12-15)22(26)24-27)21-16-5-1-3-7-19(16)29-20-8-4-2-6-17(20)23-21/h1-12,21,23,27H,13H2,(H,24,26). The molecule has 3 aromatic rings. The van der Waals surface area contributed by atoms with Gasteiger partial charge in [-0.3, -0.25) is 14.8 Å². The highest BCUT2D eigenvalue weighted by atomic mass is 16.5. The van der Waals surface area contributed by atoms with Crippen LogP contribution in [0.2, 0.25) is 0 Å². The molecule has 0 radical (unpaired) electrons. The third kappa shape index (κ3) is 3.90. The normalized spacial score (nSPS) is 14.3. The molecule has 0 aromatic heterocycles. The molecule has 0 spiro atoms. The lowest BCUT2D eigenvalue weighted by Gasteiger charge is -2.18. The lowest BCUT2D eigenvalue weighted by atomic mass is 10.0. The number of benzene rings is 3. The van der Waals surface area contributed by atoms with Gasteiger partial charge in [-0.25, -0.2) is 5.48 Å². The van der Waals surface area contributed by atoms with Gasteiger partial charge in [-0.15, -0.1) is 0 Å². The molecule has 1 aliphatic rings. The molecular formula is C22H18N2O5. The number of carbonyl (C=O) groups excluding carboxylic acids is 2. The zero-order chi connectivity index (χ0) is 20.2. The lowest BCUT2D eigenvalue weighted by Crippen LogP contribution is -2.25. The Hall–Kier alpha value is -3.84. The molecule has 0 saturated carbocycles. The summed E-state index contributed by atoms with van der Waals surface area (Å²) >= 11 is 0. The van der Waals surface area contributed by atoms with E-state index >= 15 is 0 Å². The number of anilines is 1. The SMILES string of the molecule is O=C(NO)c1ccc(OCC(=O)C2Nc3ccccc3Oc3ccccc32)cc1. The molecule has 3 aromatic carbocycles. The van der Waals surface area contributed by atoms with E-state index in [0.29, 0.717) is 17.2 Å². The molecule has 29 heavy (non-hydrogen) atoms. The van der Waals surface area contributed by atoms with Crippen molar-refractivity contribution >= 4 is 17.4 Å². The number of amides is 1. The average molecular weight is 390 g/mol. The average Bonchev–Trinajstić information content (AvgIpc) is 2.94. The third-order valence-corrected chi connectivity index (χ3v) is 4.56. The first-order chi connectivity index (χ1) is 14.2. The van der Waals surface area contributed by atoms with Crippen LogP contribution in [0.4, 0.5) is 5.69 Å². The minimum atomic E-state index is -0.630. The van der Waals surface area contributed by atoms with Gasteiger partial charge in [0, 0.05) is 11.1 Å². The van der Waals surface area contributed by atoms with Gasteiger partial charge in [-0.2, -0.15) is 0 Å². The third-order valence-electron chi connectivity index (χ3n) is 4.56. The summed E-state index contributed by atoms with van der Waals surface area (Å²) in [6.45, 7) is -0.167. The number of nitrogens with one attached hydrogen (secondary N) is 2. The van der Waals surface area contributed by atoms with Gasteiger partial charge in [0.25, 0.3) is 5.91 Å². The van der Waals surface area contributed by atoms with Crippen LogP contribution in [0.15, 0.2) is 72.8 Å². The molecular weight excluding hydrogens is 372 g/mol. The second-order valence-corrected chi connectivity index (χ2v) is 6.43. The molecule has 146 valence electrons. The Morgan fingerprint density at radius 1 is 0.966 bits per heavy atom. The summed E-state index contributed by atoms with van der Waals surface area (Å²) in [6.07, 6.45) is 0. The molecule has 3 N–H and O–H groups in total. The number of para-hydroxylation sites is 3. The van der Waals surface area contributed by atoms with E-state index in [1.807, 2.05) is 48.5 Å². The number of Topliss-reactive ketones (excluding diaryl/α,β-unsaturated/α-hetero) is 1. The van der Waals surface area contributed by atoms with Gasteiger partial charge < -0.3 is 14.8 Å². The molecule has 7 nitrogen and oxygen atoms in total. The van der Waals surface area contributed by atoms with E-state index in [-0.39, 0.29) is 18.0 Å². The van der Waals surface area contributed by atoms with Gasteiger partial charge in [0.05, 0.1) is 5.69 Å². The summed E-state index contributed by atoms with van der Waals surface area (Å²) in [5.41, 5.74) is 3.29. The Balaban J connectivity index is 1.52. The molecule has 7 heteroatoms. The molecule has 1 amide bonds. The maximum Gasteiger partial charge on any atom is 0.274 e. The highest BCUT2D eigenvalue weighted by Gasteiger charge is 2.28. The fourth-order valence-corrected chi connectivity index (χ4v) is 3.10. The Morgan fingerprint density at radius 3 is 2.41 bits per heavy atom. The molecule has 0 saturated heterocycles. The van der Waals surface area contributed by atoms with Crippen molar-refractivity contribution in [1.29, 1.82) is 0 Å². The van der Waals surface area contributed by atoms with E-state index < -0.39 is 11.9 Å². The summed E-state index contributed by atoms with van der Waals surface area (Å²) in [7, 11) is 0. The van der Waals surface area contributed by atoms with Crippen molar-refractivity contribution in [2.75, 3.05) is 11.9 Å². The number of hydroxylamine groups is 1. The van der Waals surface area contributed by atoms with Crippen LogP contribution in [0.25, 0.3) is 0 Å². The molecule has 1 atom stereocenters. The van der Waals surface area contributed by atoms with Gasteiger partial charge in [0.1, 0.15) is 24.1 Å². The minimum Gasteiger partial charge on any atom is -0.486 e. The van der Waals surface area contributed by atoms with Gasteiger partial charge >= 0.3 is 0 Å².